The van der Waals surface area contributed by atoms with Gasteiger partial charge in [0.15, 0.2) is 0 Å². The van der Waals surface area contributed by atoms with Gasteiger partial charge in [0.25, 0.3) is 0 Å². The maximum absolute atomic E-state index is 11.1. The Morgan fingerprint density at radius 1 is 1.24 bits per heavy atom. The minimum Gasteiger partial charge on any atom is -0.481 e. The van der Waals surface area contributed by atoms with E-state index in [1.165, 1.54) is 6.20 Å². The van der Waals surface area contributed by atoms with E-state index in [4.69, 9.17) is 15.6 Å². The summed E-state index contributed by atoms with van der Waals surface area (Å²) in [5.74, 6) is -0.389. The van der Waals surface area contributed by atoms with Crippen LogP contribution in [0.5, 0.6) is 11.6 Å². The van der Waals surface area contributed by atoms with Gasteiger partial charge in [-0.2, -0.15) is 0 Å². The summed E-state index contributed by atoms with van der Waals surface area (Å²) in [6.45, 7) is 0.636. The van der Waals surface area contributed by atoms with Crippen molar-refractivity contribution in [2.45, 2.75) is 19.3 Å². The van der Waals surface area contributed by atoms with Gasteiger partial charge in [0.05, 0.1) is 12.0 Å². The van der Waals surface area contributed by atoms with E-state index in [1.54, 1.807) is 18.2 Å². The van der Waals surface area contributed by atoms with E-state index in [-0.39, 0.29) is 6.42 Å². The first-order chi connectivity index (χ1) is 12.0. The number of aliphatic carboxylic acids is 1. The number of ether oxygens (including phenoxy) is 1. The second-order valence-corrected chi connectivity index (χ2v) is 5.64. The van der Waals surface area contributed by atoms with Crippen molar-refractivity contribution in [2.24, 2.45) is 10.7 Å². The number of carbonyl (C=O) groups is 2. The third kappa shape index (κ3) is 4.00. The van der Waals surface area contributed by atoms with Crippen LogP contribution in [0, 0.1) is 0 Å². The zero-order valence-electron chi connectivity index (χ0n) is 13.4. The van der Waals surface area contributed by atoms with Crippen LogP contribution in [0.3, 0.4) is 0 Å². The summed E-state index contributed by atoms with van der Waals surface area (Å²) >= 11 is 0. The summed E-state index contributed by atoms with van der Waals surface area (Å²) in [5.41, 5.74) is 8.36. The van der Waals surface area contributed by atoms with Crippen LogP contribution in [0.15, 0.2) is 41.5 Å². The molecule has 0 radical (unpaired) electrons. The second kappa shape index (κ2) is 7.12. The molecule has 7 heteroatoms. The van der Waals surface area contributed by atoms with Crippen molar-refractivity contribution >= 4 is 17.6 Å². The molecule has 2 aromatic rings. The smallest absolute Gasteiger partial charge is 0.303 e. The first-order valence-corrected chi connectivity index (χ1v) is 7.85. The van der Waals surface area contributed by atoms with E-state index in [9.17, 15) is 9.59 Å². The molecule has 1 aromatic heterocycles. The molecule has 7 nitrogen and oxygen atoms in total. The normalized spacial score (nSPS) is 12.9. The number of hydrogen-bond acceptors (Lipinski definition) is 5. The number of aliphatic imine (C=N–C) groups is 1. The molecule has 0 unspecified atom stereocenters. The third-order valence-electron chi connectivity index (χ3n) is 3.89. The Morgan fingerprint density at radius 3 is 2.76 bits per heavy atom. The van der Waals surface area contributed by atoms with Crippen LogP contribution in [-0.2, 0) is 11.2 Å². The van der Waals surface area contributed by atoms with Gasteiger partial charge in [-0.25, -0.2) is 4.98 Å². The molecule has 3 rings (SSSR count). The molecule has 1 aliphatic heterocycles. The summed E-state index contributed by atoms with van der Waals surface area (Å²) in [7, 11) is 0. The minimum absolute atomic E-state index is 0.0622. The first-order valence-electron chi connectivity index (χ1n) is 7.85. The molecule has 2 heterocycles. The number of carboxylic acids is 1. The van der Waals surface area contributed by atoms with Gasteiger partial charge in [-0.3, -0.25) is 14.6 Å². The number of benzene rings is 1. The Balaban J connectivity index is 1.76. The molecule has 25 heavy (non-hydrogen) atoms. The van der Waals surface area contributed by atoms with Gasteiger partial charge in [-0.1, -0.05) is 0 Å². The van der Waals surface area contributed by atoms with Crippen molar-refractivity contribution in [1.29, 1.82) is 0 Å². The molecule has 1 aromatic carbocycles. The quantitative estimate of drug-likeness (QED) is 0.837. The predicted molar refractivity (Wildman–Crippen MR) is 91.2 cm³/mol. The Morgan fingerprint density at radius 2 is 2.08 bits per heavy atom. The van der Waals surface area contributed by atoms with Crippen molar-refractivity contribution in [3.63, 3.8) is 0 Å². The molecule has 0 fully saturated rings. The highest BCUT2D eigenvalue weighted by atomic mass is 16.5. The lowest BCUT2D eigenvalue weighted by Crippen LogP contribution is -2.14. The summed E-state index contributed by atoms with van der Waals surface area (Å²) < 4.78 is 5.72. The Kier molecular flexibility index (Phi) is 4.74. The molecule has 1 aliphatic rings. The average Bonchev–Trinajstić information content (AvgIpc) is 2.60. The summed E-state index contributed by atoms with van der Waals surface area (Å²) in [4.78, 5) is 30.3. The molecule has 0 atom stereocenters. The number of primary amides is 1. The molecule has 0 spiro atoms. The Bertz CT molecular complexity index is 844. The molecule has 3 N–H and O–H groups in total. The van der Waals surface area contributed by atoms with Crippen LogP contribution in [-0.4, -0.2) is 34.2 Å². The number of rotatable bonds is 6. The lowest BCUT2D eigenvalue weighted by molar-refractivity contribution is -0.136. The highest BCUT2D eigenvalue weighted by Gasteiger charge is 2.16. The fourth-order valence-electron chi connectivity index (χ4n) is 2.66. The standard InChI is InChI=1S/C18H17N3O4/c19-18(24)12-1-5-16(21-10-12)25-13-2-3-14-11(9-13)7-8-20-15(14)4-6-17(22)23/h1-3,5,9-10H,4,6-8H2,(H2,19,24)(H,22,23). The van der Waals surface area contributed by atoms with Crippen LogP contribution in [0.4, 0.5) is 0 Å². The lowest BCUT2D eigenvalue weighted by Gasteiger charge is -2.17. The fourth-order valence-corrected chi connectivity index (χ4v) is 2.66. The highest BCUT2D eigenvalue weighted by Crippen LogP contribution is 2.26. The van der Waals surface area contributed by atoms with E-state index >= 15 is 0 Å². The van der Waals surface area contributed by atoms with E-state index in [0.29, 0.717) is 30.2 Å². The van der Waals surface area contributed by atoms with Gasteiger partial charge in [-0.15, -0.1) is 0 Å². The summed E-state index contributed by atoms with van der Waals surface area (Å²) in [6, 6.07) is 8.74. The minimum atomic E-state index is -0.833. The van der Waals surface area contributed by atoms with Crippen molar-refractivity contribution in [2.75, 3.05) is 6.54 Å². The third-order valence-corrected chi connectivity index (χ3v) is 3.89. The Hall–Kier alpha value is -3.22. The molecule has 128 valence electrons. The van der Waals surface area contributed by atoms with Gasteiger partial charge in [0.2, 0.25) is 11.8 Å². The van der Waals surface area contributed by atoms with Crippen LogP contribution in [0.1, 0.15) is 34.3 Å². The van der Waals surface area contributed by atoms with Gasteiger partial charge in [0.1, 0.15) is 5.75 Å². The molecule has 0 saturated carbocycles. The van der Waals surface area contributed by atoms with Crippen molar-refractivity contribution in [3.05, 3.63) is 53.2 Å². The predicted octanol–water partition coefficient (Wildman–Crippen LogP) is 2.18. The Labute approximate surface area is 144 Å². The van der Waals surface area contributed by atoms with E-state index in [2.05, 4.69) is 9.98 Å². The average molecular weight is 339 g/mol. The number of fused-ring (bicyclic) bond motifs is 1. The van der Waals surface area contributed by atoms with Crippen molar-refractivity contribution in [1.82, 2.24) is 4.98 Å². The monoisotopic (exact) mass is 339 g/mol. The number of amides is 1. The molecular weight excluding hydrogens is 322 g/mol. The molecule has 0 saturated heterocycles. The van der Waals surface area contributed by atoms with Gasteiger partial charge >= 0.3 is 5.97 Å². The van der Waals surface area contributed by atoms with Gasteiger partial charge in [0, 0.05) is 30.9 Å². The van der Waals surface area contributed by atoms with Crippen LogP contribution >= 0.6 is 0 Å². The zero-order chi connectivity index (χ0) is 17.8. The van der Waals surface area contributed by atoms with Gasteiger partial charge in [-0.05, 0) is 41.8 Å². The number of carbonyl (C=O) groups excluding carboxylic acids is 1. The van der Waals surface area contributed by atoms with E-state index in [1.807, 2.05) is 12.1 Å². The lowest BCUT2D eigenvalue weighted by atomic mass is 9.95. The maximum atomic E-state index is 11.1. The number of hydrogen-bond donors (Lipinski definition) is 2. The maximum Gasteiger partial charge on any atom is 0.303 e. The zero-order valence-corrected chi connectivity index (χ0v) is 13.4. The van der Waals surface area contributed by atoms with Crippen molar-refractivity contribution < 1.29 is 19.4 Å². The SMILES string of the molecule is NC(=O)c1ccc(Oc2ccc3c(c2)CCN=C3CCC(=O)O)nc1. The number of aromatic nitrogens is 1. The van der Waals surface area contributed by atoms with Crippen molar-refractivity contribution in [3.8, 4) is 11.6 Å². The number of carboxylic acid groups (broad SMARTS) is 1. The topological polar surface area (TPSA) is 115 Å². The second-order valence-electron chi connectivity index (χ2n) is 5.64. The highest BCUT2D eigenvalue weighted by molar-refractivity contribution is 6.03. The van der Waals surface area contributed by atoms with E-state index < -0.39 is 11.9 Å². The molecule has 1 amide bonds. The first kappa shape index (κ1) is 16.6. The molecule has 0 aliphatic carbocycles. The van der Waals surface area contributed by atoms with Crippen LogP contribution in [0.2, 0.25) is 0 Å². The number of pyridine rings is 1. The van der Waals surface area contributed by atoms with Crippen LogP contribution in [0.25, 0.3) is 0 Å². The number of nitrogens with zero attached hydrogens (tertiary/aromatic N) is 2. The fraction of sp³-hybridized carbons (Fsp3) is 0.222. The van der Waals surface area contributed by atoms with E-state index in [0.717, 1.165) is 23.3 Å². The summed E-state index contributed by atoms with van der Waals surface area (Å²) in [6.07, 6.45) is 2.62. The molecule has 0 bridgehead atoms. The van der Waals surface area contributed by atoms with Crippen LogP contribution < -0.4 is 10.5 Å². The number of nitrogens with two attached hydrogens (primary N) is 1. The molecular formula is C18H17N3O4. The largest absolute Gasteiger partial charge is 0.481 e. The van der Waals surface area contributed by atoms with Gasteiger partial charge < -0.3 is 15.6 Å². The summed E-state index contributed by atoms with van der Waals surface area (Å²) in [5, 5.41) is 8.84.